The molecule has 20 heavy (non-hydrogen) atoms. The zero-order valence-electron chi connectivity index (χ0n) is 11.6. The average Bonchev–Trinajstić information content (AvgIpc) is 3.03. The maximum absolute atomic E-state index is 12.3. The molecule has 2 aromatic rings. The molecule has 1 fully saturated rings. The SMILES string of the molecule is Cc1cnc(C(C)NC(=O)c2cc(N)cn2C2CC2)o1. The van der Waals surface area contributed by atoms with Crippen molar-refractivity contribution in [3.8, 4) is 0 Å². The standard InChI is InChI=1S/C14H18N4O2/c1-8-6-16-14(20-8)9(2)17-13(19)12-5-10(15)7-18(12)11-3-4-11/h5-7,9,11H,3-4,15H2,1-2H3,(H,17,19). The van der Waals surface area contributed by atoms with E-state index in [9.17, 15) is 4.79 Å². The lowest BCUT2D eigenvalue weighted by molar-refractivity contribution is 0.0924. The first-order chi connectivity index (χ1) is 9.54. The summed E-state index contributed by atoms with van der Waals surface area (Å²) in [6, 6.07) is 1.84. The summed E-state index contributed by atoms with van der Waals surface area (Å²) < 4.78 is 7.38. The quantitative estimate of drug-likeness (QED) is 0.894. The molecule has 1 aliphatic carbocycles. The van der Waals surface area contributed by atoms with Gasteiger partial charge in [0.2, 0.25) is 5.89 Å². The Labute approximate surface area is 117 Å². The fraction of sp³-hybridized carbons (Fsp3) is 0.429. The second-order valence-corrected chi connectivity index (χ2v) is 5.30. The fourth-order valence-electron chi connectivity index (χ4n) is 2.24. The monoisotopic (exact) mass is 274 g/mol. The number of oxazole rings is 1. The minimum Gasteiger partial charge on any atom is -0.444 e. The van der Waals surface area contributed by atoms with Crippen molar-refractivity contribution in [1.29, 1.82) is 0 Å². The number of nitrogens with zero attached hydrogens (tertiary/aromatic N) is 2. The van der Waals surface area contributed by atoms with Gasteiger partial charge in [-0.05, 0) is 32.8 Å². The van der Waals surface area contributed by atoms with Gasteiger partial charge in [0.05, 0.1) is 11.9 Å². The van der Waals surface area contributed by atoms with Crippen LogP contribution >= 0.6 is 0 Å². The van der Waals surface area contributed by atoms with Crippen molar-refractivity contribution in [3.05, 3.63) is 35.8 Å². The van der Waals surface area contributed by atoms with Crippen LogP contribution in [-0.2, 0) is 0 Å². The Morgan fingerprint density at radius 2 is 2.35 bits per heavy atom. The highest BCUT2D eigenvalue weighted by atomic mass is 16.4. The van der Waals surface area contributed by atoms with Crippen LogP contribution in [-0.4, -0.2) is 15.5 Å². The van der Waals surface area contributed by atoms with Crippen LogP contribution in [0.15, 0.2) is 22.9 Å². The predicted octanol–water partition coefficient (Wildman–Crippen LogP) is 2.19. The molecule has 0 saturated heterocycles. The zero-order chi connectivity index (χ0) is 14.3. The maximum atomic E-state index is 12.3. The lowest BCUT2D eigenvalue weighted by Crippen LogP contribution is -2.28. The summed E-state index contributed by atoms with van der Waals surface area (Å²) in [5.41, 5.74) is 7.01. The van der Waals surface area contributed by atoms with Crippen molar-refractivity contribution in [1.82, 2.24) is 14.9 Å². The van der Waals surface area contributed by atoms with E-state index in [0.717, 1.165) is 18.6 Å². The number of nitrogen functional groups attached to an aromatic ring is 1. The number of hydrogen-bond donors (Lipinski definition) is 2. The Hall–Kier alpha value is -2.24. The Kier molecular flexibility index (Phi) is 3.00. The molecule has 6 heteroatoms. The molecule has 0 radical (unpaired) electrons. The number of aromatic nitrogens is 2. The van der Waals surface area contributed by atoms with Gasteiger partial charge in [-0.25, -0.2) is 4.98 Å². The van der Waals surface area contributed by atoms with Gasteiger partial charge in [-0.2, -0.15) is 0 Å². The summed E-state index contributed by atoms with van der Waals surface area (Å²) in [7, 11) is 0. The zero-order valence-corrected chi connectivity index (χ0v) is 11.6. The van der Waals surface area contributed by atoms with E-state index >= 15 is 0 Å². The van der Waals surface area contributed by atoms with Gasteiger partial charge in [0.25, 0.3) is 5.91 Å². The lowest BCUT2D eigenvalue weighted by atomic mass is 10.3. The van der Waals surface area contributed by atoms with E-state index in [1.54, 1.807) is 12.3 Å². The number of rotatable bonds is 4. The van der Waals surface area contributed by atoms with Crippen LogP contribution in [0.1, 0.15) is 54.0 Å². The number of nitrogens with one attached hydrogen (secondary N) is 1. The third-order valence-electron chi connectivity index (χ3n) is 3.40. The first-order valence-corrected chi connectivity index (χ1v) is 6.75. The Morgan fingerprint density at radius 1 is 1.60 bits per heavy atom. The number of amides is 1. The van der Waals surface area contributed by atoms with Crippen LogP contribution in [0.2, 0.25) is 0 Å². The molecular weight excluding hydrogens is 256 g/mol. The van der Waals surface area contributed by atoms with E-state index in [2.05, 4.69) is 10.3 Å². The van der Waals surface area contributed by atoms with Crippen molar-refractivity contribution in [2.24, 2.45) is 0 Å². The van der Waals surface area contributed by atoms with Crippen molar-refractivity contribution < 1.29 is 9.21 Å². The summed E-state index contributed by atoms with van der Waals surface area (Å²) in [6.07, 6.45) is 5.67. The molecule has 0 spiro atoms. The maximum Gasteiger partial charge on any atom is 0.268 e. The number of anilines is 1. The third kappa shape index (κ3) is 2.41. The van der Waals surface area contributed by atoms with Crippen LogP contribution in [0.25, 0.3) is 0 Å². The van der Waals surface area contributed by atoms with Gasteiger partial charge in [-0.15, -0.1) is 0 Å². The summed E-state index contributed by atoms with van der Waals surface area (Å²) in [5.74, 6) is 1.08. The van der Waals surface area contributed by atoms with Crippen LogP contribution in [0.3, 0.4) is 0 Å². The Morgan fingerprint density at radius 3 is 2.95 bits per heavy atom. The predicted molar refractivity (Wildman–Crippen MR) is 74.2 cm³/mol. The van der Waals surface area contributed by atoms with Crippen LogP contribution in [0.4, 0.5) is 5.69 Å². The molecule has 0 aromatic carbocycles. The van der Waals surface area contributed by atoms with E-state index in [1.807, 2.05) is 24.6 Å². The molecule has 1 amide bonds. The molecule has 3 N–H and O–H groups in total. The summed E-state index contributed by atoms with van der Waals surface area (Å²) in [4.78, 5) is 16.5. The van der Waals surface area contributed by atoms with Gasteiger partial charge in [0.15, 0.2) is 0 Å². The van der Waals surface area contributed by atoms with E-state index in [1.165, 1.54) is 0 Å². The number of carbonyl (C=O) groups excluding carboxylic acids is 1. The highest BCUT2D eigenvalue weighted by Crippen LogP contribution is 2.37. The van der Waals surface area contributed by atoms with Gasteiger partial charge in [0, 0.05) is 12.2 Å². The van der Waals surface area contributed by atoms with Gasteiger partial charge in [0.1, 0.15) is 17.5 Å². The Bertz CT molecular complexity index is 639. The molecule has 1 aliphatic rings. The molecule has 1 atom stereocenters. The molecule has 6 nitrogen and oxygen atoms in total. The molecule has 2 aromatic heterocycles. The van der Waals surface area contributed by atoms with Crippen molar-refractivity contribution in [2.45, 2.75) is 38.8 Å². The third-order valence-corrected chi connectivity index (χ3v) is 3.40. The van der Waals surface area contributed by atoms with Crippen LogP contribution in [0, 0.1) is 6.92 Å². The summed E-state index contributed by atoms with van der Waals surface area (Å²) in [6.45, 7) is 3.67. The minimum absolute atomic E-state index is 0.156. The summed E-state index contributed by atoms with van der Waals surface area (Å²) in [5, 5.41) is 2.89. The highest BCUT2D eigenvalue weighted by molar-refractivity contribution is 5.94. The largest absolute Gasteiger partial charge is 0.444 e. The molecular formula is C14H18N4O2. The second-order valence-electron chi connectivity index (χ2n) is 5.30. The molecule has 1 unspecified atom stereocenters. The van der Waals surface area contributed by atoms with Crippen LogP contribution in [0.5, 0.6) is 0 Å². The number of aryl methyl sites for hydroxylation is 1. The smallest absolute Gasteiger partial charge is 0.268 e. The molecule has 0 bridgehead atoms. The van der Waals surface area contributed by atoms with Gasteiger partial charge in [-0.3, -0.25) is 4.79 Å². The minimum atomic E-state index is -0.278. The van der Waals surface area contributed by atoms with Crippen LogP contribution < -0.4 is 11.1 Å². The van der Waals surface area contributed by atoms with Gasteiger partial charge < -0.3 is 20.0 Å². The van der Waals surface area contributed by atoms with Crippen molar-refractivity contribution in [2.75, 3.05) is 5.73 Å². The molecule has 2 heterocycles. The van der Waals surface area contributed by atoms with Gasteiger partial charge >= 0.3 is 0 Å². The molecule has 3 rings (SSSR count). The van der Waals surface area contributed by atoms with Crippen molar-refractivity contribution in [3.63, 3.8) is 0 Å². The Balaban J connectivity index is 1.76. The summed E-state index contributed by atoms with van der Waals surface area (Å²) >= 11 is 0. The lowest BCUT2D eigenvalue weighted by Gasteiger charge is -2.12. The molecule has 106 valence electrons. The normalized spacial score (nSPS) is 16.1. The number of nitrogens with two attached hydrogens (primary N) is 1. The van der Waals surface area contributed by atoms with E-state index < -0.39 is 0 Å². The topological polar surface area (TPSA) is 86.1 Å². The molecule has 0 aliphatic heterocycles. The van der Waals surface area contributed by atoms with E-state index in [-0.39, 0.29) is 11.9 Å². The van der Waals surface area contributed by atoms with E-state index in [0.29, 0.717) is 23.3 Å². The number of carbonyl (C=O) groups is 1. The van der Waals surface area contributed by atoms with Crippen molar-refractivity contribution >= 4 is 11.6 Å². The first-order valence-electron chi connectivity index (χ1n) is 6.75. The first kappa shape index (κ1) is 12.8. The van der Waals surface area contributed by atoms with E-state index in [4.69, 9.17) is 10.2 Å². The fourth-order valence-corrected chi connectivity index (χ4v) is 2.24. The number of hydrogen-bond acceptors (Lipinski definition) is 4. The van der Waals surface area contributed by atoms with Gasteiger partial charge in [-0.1, -0.05) is 0 Å². The highest BCUT2D eigenvalue weighted by Gasteiger charge is 2.28. The molecule has 1 saturated carbocycles. The average molecular weight is 274 g/mol. The second kappa shape index (κ2) is 4.70.